The molecule has 0 spiro atoms. The van der Waals surface area contributed by atoms with E-state index in [1.165, 1.54) is 12.8 Å². The summed E-state index contributed by atoms with van der Waals surface area (Å²) in [6.45, 7) is 4.08. The van der Waals surface area contributed by atoms with Gasteiger partial charge in [0.1, 0.15) is 0 Å². The standard InChI is InChI=1S/C7H13O/c1-2-3-7-4-5-8-6-7/h2,7H,3-6H2,1H3. The summed E-state index contributed by atoms with van der Waals surface area (Å²) in [4.78, 5) is 0. The highest BCUT2D eigenvalue weighted by Crippen LogP contribution is 2.16. The first-order valence-electron chi connectivity index (χ1n) is 3.29. The Balaban J connectivity index is 2.06. The molecule has 1 radical (unpaired) electrons. The first-order valence-corrected chi connectivity index (χ1v) is 3.29. The minimum absolute atomic E-state index is 0.833. The predicted molar refractivity (Wildman–Crippen MR) is 33.5 cm³/mol. The van der Waals surface area contributed by atoms with Crippen LogP contribution in [0.3, 0.4) is 0 Å². The third-order valence-corrected chi connectivity index (χ3v) is 1.59. The molecule has 1 heteroatoms. The van der Waals surface area contributed by atoms with Crippen molar-refractivity contribution in [1.82, 2.24) is 0 Å². The molecule has 1 fully saturated rings. The van der Waals surface area contributed by atoms with Gasteiger partial charge in [-0.3, -0.25) is 0 Å². The van der Waals surface area contributed by atoms with Crippen LogP contribution in [-0.2, 0) is 4.74 Å². The molecule has 1 aliphatic heterocycles. The Bertz CT molecular complexity index is 55.4. The summed E-state index contributed by atoms with van der Waals surface area (Å²) in [5.74, 6) is 0.833. The molecule has 1 heterocycles. The largest absolute Gasteiger partial charge is 0.381 e. The molecular formula is C7H13O. The Labute approximate surface area is 51.0 Å². The quantitative estimate of drug-likeness (QED) is 0.529. The fourth-order valence-corrected chi connectivity index (χ4v) is 1.10. The Kier molecular flexibility index (Phi) is 2.34. The van der Waals surface area contributed by atoms with Crippen LogP contribution in [-0.4, -0.2) is 13.2 Å². The van der Waals surface area contributed by atoms with Crippen LogP contribution in [0.1, 0.15) is 19.8 Å². The van der Waals surface area contributed by atoms with Crippen LogP contribution < -0.4 is 0 Å². The van der Waals surface area contributed by atoms with E-state index in [1.54, 1.807) is 0 Å². The minimum atomic E-state index is 0.833. The normalized spacial score (nSPS) is 28.9. The lowest BCUT2D eigenvalue weighted by Crippen LogP contribution is -1.96. The summed E-state index contributed by atoms with van der Waals surface area (Å²) in [5, 5.41) is 0. The van der Waals surface area contributed by atoms with Crippen molar-refractivity contribution in [2.75, 3.05) is 13.2 Å². The van der Waals surface area contributed by atoms with Crippen molar-refractivity contribution in [1.29, 1.82) is 0 Å². The summed E-state index contributed by atoms with van der Waals surface area (Å²) in [6.07, 6.45) is 4.73. The minimum Gasteiger partial charge on any atom is -0.381 e. The fraction of sp³-hybridized carbons (Fsp3) is 0.857. The molecule has 1 nitrogen and oxygen atoms in total. The highest BCUT2D eigenvalue weighted by molar-refractivity contribution is 4.69. The van der Waals surface area contributed by atoms with Crippen molar-refractivity contribution in [3.05, 3.63) is 6.42 Å². The molecule has 0 aromatic heterocycles. The molecule has 0 aromatic carbocycles. The summed E-state index contributed by atoms with van der Waals surface area (Å²) in [7, 11) is 0. The lowest BCUT2D eigenvalue weighted by molar-refractivity contribution is 0.185. The number of ether oxygens (including phenoxy) is 1. The second-order valence-electron chi connectivity index (χ2n) is 2.37. The van der Waals surface area contributed by atoms with Crippen molar-refractivity contribution in [3.63, 3.8) is 0 Å². The molecule has 0 saturated carbocycles. The van der Waals surface area contributed by atoms with Crippen LogP contribution in [0.4, 0.5) is 0 Å². The Hall–Kier alpha value is -0.0400. The second kappa shape index (κ2) is 3.08. The molecule has 0 N–H and O–H groups in total. The average Bonchev–Trinajstić information content (AvgIpc) is 2.19. The molecule has 1 unspecified atom stereocenters. The van der Waals surface area contributed by atoms with E-state index < -0.39 is 0 Å². The molecule has 0 aromatic rings. The van der Waals surface area contributed by atoms with Crippen molar-refractivity contribution >= 4 is 0 Å². The molecule has 8 heavy (non-hydrogen) atoms. The van der Waals surface area contributed by atoms with Crippen LogP contribution in [0.25, 0.3) is 0 Å². The van der Waals surface area contributed by atoms with E-state index in [2.05, 4.69) is 13.3 Å². The molecule has 0 bridgehead atoms. The number of rotatable bonds is 2. The van der Waals surface area contributed by atoms with Gasteiger partial charge in [-0.2, -0.15) is 0 Å². The molecule has 1 atom stereocenters. The Morgan fingerprint density at radius 3 is 3.12 bits per heavy atom. The molecular weight excluding hydrogens is 100 g/mol. The van der Waals surface area contributed by atoms with Gasteiger partial charge in [-0.05, 0) is 25.2 Å². The van der Waals surface area contributed by atoms with Crippen molar-refractivity contribution in [2.24, 2.45) is 5.92 Å². The van der Waals surface area contributed by atoms with Crippen molar-refractivity contribution in [2.45, 2.75) is 19.8 Å². The van der Waals surface area contributed by atoms with E-state index in [4.69, 9.17) is 4.74 Å². The third-order valence-electron chi connectivity index (χ3n) is 1.59. The first kappa shape index (κ1) is 6.09. The van der Waals surface area contributed by atoms with E-state index in [0.29, 0.717) is 0 Å². The van der Waals surface area contributed by atoms with Gasteiger partial charge in [-0.1, -0.05) is 6.92 Å². The van der Waals surface area contributed by atoms with Gasteiger partial charge in [-0.25, -0.2) is 0 Å². The van der Waals surface area contributed by atoms with E-state index in [1.807, 2.05) is 0 Å². The predicted octanol–water partition coefficient (Wildman–Crippen LogP) is 1.64. The smallest absolute Gasteiger partial charge is 0.0495 e. The van der Waals surface area contributed by atoms with Gasteiger partial charge in [0.2, 0.25) is 0 Å². The monoisotopic (exact) mass is 113 g/mol. The molecule has 1 rings (SSSR count). The number of hydrogen-bond acceptors (Lipinski definition) is 1. The SMILES string of the molecule is C[CH]CC1CCOC1. The van der Waals surface area contributed by atoms with Crippen molar-refractivity contribution < 1.29 is 4.74 Å². The van der Waals surface area contributed by atoms with Gasteiger partial charge in [-0.15, -0.1) is 0 Å². The maximum atomic E-state index is 5.19. The summed E-state index contributed by atoms with van der Waals surface area (Å²) < 4.78 is 5.19. The van der Waals surface area contributed by atoms with Crippen molar-refractivity contribution in [3.8, 4) is 0 Å². The van der Waals surface area contributed by atoms with Gasteiger partial charge in [0.25, 0.3) is 0 Å². The summed E-state index contributed by atoms with van der Waals surface area (Å²) >= 11 is 0. The fourth-order valence-electron chi connectivity index (χ4n) is 1.10. The summed E-state index contributed by atoms with van der Waals surface area (Å²) in [6, 6.07) is 0. The molecule has 0 amide bonds. The zero-order chi connectivity index (χ0) is 5.82. The average molecular weight is 113 g/mol. The first-order chi connectivity index (χ1) is 3.93. The van der Waals surface area contributed by atoms with Gasteiger partial charge in [0.15, 0.2) is 0 Å². The maximum Gasteiger partial charge on any atom is 0.0495 e. The van der Waals surface area contributed by atoms with Crippen LogP contribution in [0.5, 0.6) is 0 Å². The van der Waals surface area contributed by atoms with E-state index >= 15 is 0 Å². The molecule has 47 valence electrons. The lowest BCUT2D eigenvalue weighted by atomic mass is 10.0. The molecule has 1 aliphatic rings. The van der Waals surface area contributed by atoms with E-state index in [-0.39, 0.29) is 0 Å². The topological polar surface area (TPSA) is 9.23 Å². The van der Waals surface area contributed by atoms with E-state index in [9.17, 15) is 0 Å². The van der Waals surface area contributed by atoms with Crippen LogP contribution in [0.2, 0.25) is 0 Å². The molecule has 1 saturated heterocycles. The second-order valence-corrected chi connectivity index (χ2v) is 2.37. The van der Waals surface area contributed by atoms with E-state index in [0.717, 1.165) is 19.1 Å². The van der Waals surface area contributed by atoms with Gasteiger partial charge < -0.3 is 4.74 Å². The molecule has 0 aliphatic carbocycles. The van der Waals surface area contributed by atoms with Crippen LogP contribution >= 0.6 is 0 Å². The lowest BCUT2D eigenvalue weighted by Gasteiger charge is -2.01. The zero-order valence-corrected chi connectivity index (χ0v) is 5.39. The third kappa shape index (κ3) is 1.48. The highest BCUT2D eigenvalue weighted by atomic mass is 16.5. The number of hydrogen-bond donors (Lipinski definition) is 0. The van der Waals surface area contributed by atoms with Gasteiger partial charge >= 0.3 is 0 Å². The van der Waals surface area contributed by atoms with Gasteiger partial charge in [0, 0.05) is 13.2 Å². The van der Waals surface area contributed by atoms with Crippen LogP contribution in [0, 0.1) is 12.3 Å². The summed E-state index contributed by atoms with van der Waals surface area (Å²) in [5.41, 5.74) is 0. The highest BCUT2D eigenvalue weighted by Gasteiger charge is 2.13. The maximum absolute atomic E-state index is 5.19. The van der Waals surface area contributed by atoms with Crippen LogP contribution in [0.15, 0.2) is 0 Å². The zero-order valence-electron chi connectivity index (χ0n) is 5.39. The Morgan fingerprint density at radius 2 is 2.62 bits per heavy atom. The van der Waals surface area contributed by atoms with Gasteiger partial charge in [0.05, 0.1) is 0 Å². The Morgan fingerprint density at radius 1 is 1.75 bits per heavy atom.